The minimum Gasteiger partial charge on any atom is -0.481 e. The van der Waals surface area contributed by atoms with Crippen molar-refractivity contribution in [2.75, 3.05) is 5.32 Å². The first kappa shape index (κ1) is 27.3. The molecule has 7 nitrogen and oxygen atoms in total. The van der Waals surface area contributed by atoms with E-state index in [1.165, 1.54) is 20.0 Å². The highest BCUT2D eigenvalue weighted by molar-refractivity contribution is 6.03. The number of hydrogen-bond acceptors (Lipinski definition) is 5. The van der Waals surface area contributed by atoms with Crippen LogP contribution in [0, 0.1) is 23.4 Å². The van der Waals surface area contributed by atoms with E-state index in [9.17, 15) is 19.1 Å². The van der Waals surface area contributed by atoms with Crippen molar-refractivity contribution < 1.29 is 27.9 Å². The highest BCUT2D eigenvalue weighted by Gasteiger charge is 2.32. The fourth-order valence-electron chi connectivity index (χ4n) is 4.99. The van der Waals surface area contributed by atoms with Crippen LogP contribution in [0.25, 0.3) is 11.3 Å². The van der Waals surface area contributed by atoms with Crippen LogP contribution in [0.15, 0.2) is 42.7 Å². The number of nitrogens with one attached hydrogen (secondary N) is 1. The molecule has 0 spiro atoms. The Bertz CT molecular complexity index is 1360. The van der Waals surface area contributed by atoms with Gasteiger partial charge in [-0.1, -0.05) is 6.92 Å². The zero-order chi connectivity index (χ0) is 27.8. The van der Waals surface area contributed by atoms with Gasteiger partial charge in [-0.2, -0.15) is 0 Å². The van der Waals surface area contributed by atoms with Gasteiger partial charge in [-0.15, -0.1) is 0 Å². The summed E-state index contributed by atoms with van der Waals surface area (Å²) in [7, 11) is 0. The number of benzene rings is 1. The van der Waals surface area contributed by atoms with E-state index < -0.39 is 46.0 Å². The summed E-state index contributed by atoms with van der Waals surface area (Å²) < 4.78 is 44.7. The Balaban J connectivity index is 1.66. The van der Waals surface area contributed by atoms with Gasteiger partial charge in [-0.3, -0.25) is 14.6 Å². The van der Waals surface area contributed by atoms with Crippen molar-refractivity contribution in [2.45, 2.75) is 57.4 Å². The van der Waals surface area contributed by atoms with Gasteiger partial charge in [0.05, 0.1) is 22.9 Å². The van der Waals surface area contributed by atoms with Gasteiger partial charge < -0.3 is 16.2 Å². The van der Waals surface area contributed by atoms with E-state index in [0.29, 0.717) is 11.6 Å². The quantitative estimate of drug-likeness (QED) is 0.396. The molecule has 1 amide bonds. The molecule has 200 valence electrons. The number of carboxylic acid groups (broad SMARTS) is 1. The number of amides is 1. The van der Waals surface area contributed by atoms with E-state index in [0.717, 1.165) is 49.1 Å². The number of carbonyl (C=O) groups is 2. The number of nitrogens with zero attached hydrogens (tertiary/aromatic N) is 2. The Kier molecular flexibility index (Phi) is 7.55. The maximum Gasteiger partial charge on any atom is 0.313 e. The predicted octanol–water partition coefficient (Wildman–Crippen LogP) is 5.41. The lowest BCUT2D eigenvalue weighted by Crippen LogP contribution is -2.31. The van der Waals surface area contributed by atoms with Crippen LogP contribution < -0.4 is 11.1 Å². The standard InChI is InChI=1S/C28H29F3N4O3/c1-14-8-15(10-17(32)9-14)18-6-7-33-13-23(18)35-26(36)22-5-4-19(29)25(34-22)24-20(30)11-16(12-21(24)31)28(2,3)27(37)38/h4-7,11-15,17H,8-10,32H2,1-3H3,(H,35,36)(H,37,38)/t14-,15+,17+/m0/s1. The molecule has 0 bridgehead atoms. The summed E-state index contributed by atoms with van der Waals surface area (Å²) in [5.74, 6) is -4.91. The van der Waals surface area contributed by atoms with Gasteiger partial charge in [0.1, 0.15) is 28.8 Å². The first-order valence-corrected chi connectivity index (χ1v) is 12.3. The molecule has 38 heavy (non-hydrogen) atoms. The highest BCUT2D eigenvalue weighted by Crippen LogP contribution is 2.38. The number of carboxylic acids is 1. The molecule has 4 N–H and O–H groups in total. The maximum atomic E-state index is 15.0. The Morgan fingerprint density at radius 1 is 1.05 bits per heavy atom. The molecule has 10 heteroatoms. The van der Waals surface area contributed by atoms with Crippen molar-refractivity contribution >= 4 is 17.6 Å². The molecule has 4 rings (SSSR count). The van der Waals surface area contributed by atoms with E-state index in [1.807, 2.05) is 6.07 Å². The number of pyridine rings is 2. The molecule has 1 aromatic carbocycles. The third kappa shape index (κ3) is 5.40. The Labute approximate surface area is 218 Å². The van der Waals surface area contributed by atoms with Crippen LogP contribution in [0.1, 0.15) is 67.6 Å². The number of anilines is 1. The molecular weight excluding hydrogens is 497 g/mol. The molecule has 0 radical (unpaired) electrons. The molecular formula is C28H29F3N4O3. The van der Waals surface area contributed by atoms with E-state index in [4.69, 9.17) is 5.73 Å². The van der Waals surface area contributed by atoms with Crippen molar-refractivity contribution in [3.8, 4) is 11.3 Å². The molecule has 2 heterocycles. The average Bonchev–Trinajstić information content (AvgIpc) is 2.84. The molecule has 1 aliphatic rings. The summed E-state index contributed by atoms with van der Waals surface area (Å²) in [6.07, 6.45) is 5.71. The van der Waals surface area contributed by atoms with Gasteiger partial charge in [-0.05, 0) is 86.4 Å². The smallest absolute Gasteiger partial charge is 0.313 e. The van der Waals surface area contributed by atoms with Crippen LogP contribution in [0.2, 0.25) is 0 Å². The van der Waals surface area contributed by atoms with Crippen LogP contribution in [0.5, 0.6) is 0 Å². The molecule has 3 atom stereocenters. The van der Waals surface area contributed by atoms with Crippen LogP contribution >= 0.6 is 0 Å². The van der Waals surface area contributed by atoms with Crippen molar-refractivity contribution in [3.63, 3.8) is 0 Å². The van der Waals surface area contributed by atoms with Gasteiger partial charge in [0.15, 0.2) is 0 Å². The molecule has 0 aliphatic heterocycles. The average molecular weight is 527 g/mol. The van der Waals surface area contributed by atoms with Crippen molar-refractivity contribution in [2.24, 2.45) is 11.7 Å². The molecule has 3 aromatic rings. The Morgan fingerprint density at radius 3 is 2.37 bits per heavy atom. The van der Waals surface area contributed by atoms with E-state index in [2.05, 4.69) is 22.2 Å². The monoisotopic (exact) mass is 526 g/mol. The number of carbonyl (C=O) groups excluding carboxylic acids is 1. The number of halogens is 3. The summed E-state index contributed by atoms with van der Waals surface area (Å²) in [6.45, 7) is 4.71. The zero-order valence-corrected chi connectivity index (χ0v) is 21.3. The predicted molar refractivity (Wildman–Crippen MR) is 136 cm³/mol. The third-order valence-electron chi connectivity index (χ3n) is 7.14. The van der Waals surface area contributed by atoms with Gasteiger partial charge in [0.2, 0.25) is 0 Å². The second-order valence-electron chi connectivity index (χ2n) is 10.5. The van der Waals surface area contributed by atoms with Crippen LogP contribution in [0.3, 0.4) is 0 Å². The number of aliphatic carboxylic acids is 1. The lowest BCUT2D eigenvalue weighted by atomic mass is 9.76. The second-order valence-corrected chi connectivity index (χ2v) is 10.5. The SMILES string of the molecule is C[C@@H]1C[C@@H](N)C[C@H](c2ccncc2NC(=O)c2ccc(F)c(-c3c(F)cc(C(C)(C)C(=O)O)cc3F)n2)C1. The fraction of sp³-hybridized carbons (Fsp3) is 0.357. The molecule has 0 unspecified atom stereocenters. The van der Waals surface area contributed by atoms with E-state index in [1.54, 1.807) is 6.20 Å². The zero-order valence-electron chi connectivity index (χ0n) is 21.3. The largest absolute Gasteiger partial charge is 0.481 e. The van der Waals surface area contributed by atoms with Gasteiger partial charge in [-0.25, -0.2) is 18.2 Å². The topological polar surface area (TPSA) is 118 Å². The first-order valence-electron chi connectivity index (χ1n) is 12.3. The fourth-order valence-corrected chi connectivity index (χ4v) is 4.99. The van der Waals surface area contributed by atoms with Crippen molar-refractivity contribution in [1.29, 1.82) is 0 Å². The van der Waals surface area contributed by atoms with Crippen molar-refractivity contribution in [1.82, 2.24) is 9.97 Å². The summed E-state index contributed by atoms with van der Waals surface area (Å²) in [6, 6.07) is 5.53. The highest BCUT2D eigenvalue weighted by atomic mass is 19.1. The van der Waals surface area contributed by atoms with Crippen LogP contribution in [-0.4, -0.2) is 33.0 Å². The number of hydrogen-bond donors (Lipinski definition) is 3. The maximum absolute atomic E-state index is 15.0. The van der Waals surface area contributed by atoms with E-state index in [-0.39, 0.29) is 23.2 Å². The normalized spacial score (nSPS) is 19.7. The summed E-state index contributed by atoms with van der Waals surface area (Å²) >= 11 is 0. The van der Waals surface area contributed by atoms with Crippen molar-refractivity contribution in [3.05, 3.63) is 77.0 Å². The van der Waals surface area contributed by atoms with Crippen LogP contribution in [0.4, 0.5) is 18.9 Å². The van der Waals surface area contributed by atoms with Gasteiger partial charge in [0.25, 0.3) is 5.91 Å². The summed E-state index contributed by atoms with van der Waals surface area (Å²) in [5, 5.41) is 12.1. The van der Waals surface area contributed by atoms with E-state index >= 15 is 8.78 Å². The Hall–Kier alpha value is -3.79. The minimum absolute atomic E-state index is 0.0408. The minimum atomic E-state index is -1.59. The number of nitrogens with two attached hydrogens (primary N) is 1. The second kappa shape index (κ2) is 10.5. The lowest BCUT2D eigenvalue weighted by Gasteiger charge is -2.32. The molecule has 1 fully saturated rings. The molecule has 0 saturated heterocycles. The summed E-state index contributed by atoms with van der Waals surface area (Å²) in [4.78, 5) is 32.6. The van der Waals surface area contributed by atoms with Crippen LogP contribution in [-0.2, 0) is 10.2 Å². The molecule has 2 aromatic heterocycles. The Morgan fingerprint density at radius 2 is 1.74 bits per heavy atom. The third-order valence-corrected chi connectivity index (χ3v) is 7.14. The molecule has 1 saturated carbocycles. The summed E-state index contributed by atoms with van der Waals surface area (Å²) in [5.41, 5.74) is 4.04. The number of rotatable bonds is 6. The van der Waals surface area contributed by atoms with Gasteiger partial charge in [0, 0.05) is 12.2 Å². The first-order chi connectivity index (χ1) is 17.9. The lowest BCUT2D eigenvalue weighted by molar-refractivity contribution is -0.142. The number of aromatic nitrogens is 2. The molecule has 1 aliphatic carbocycles. The van der Waals surface area contributed by atoms with Gasteiger partial charge >= 0.3 is 5.97 Å².